The SMILES string of the molecule is [C-]#[N+]c1ccc2c(c1)c1ccccc1n2-c1cc(-c2cccc(-n3c4ccccc4c4cc(C#N)ccc43)c2)cc(-c2ccccc2)c1[N+]#[C-]. The molecule has 0 unspecified atom stereocenters. The van der Waals surface area contributed by atoms with Crippen molar-refractivity contribution in [2.24, 2.45) is 0 Å². The molecule has 0 saturated heterocycles. The molecule has 0 amide bonds. The molecule has 0 N–H and O–H groups in total. The van der Waals surface area contributed by atoms with E-state index in [9.17, 15) is 5.26 Å². The minimum Gasteiger partial charge on any atom is -0.319 e. The average molecular weight is 636 g/mol. The zero-order chi connectivity index (χ0) is 33.8. The number of rotatable bonds is 4. The number of para-hydroxylation sites is 2. The van der Waals surface area contributed by atoms with Gasteiger partial charge < -0.3 is 9.13 Å². The van der Waals surface area contributed by atoms with Gasteiger partial charge in [-0.05, 0) is 88.3 Å². The minimum absolute atomic E-state index is 0.559. The fraction of sp³-hybridized carbons (Fsp3) is 0. The lowest BCUT2D eigenvalue weighted by Gasteiger charge is -2.17. The molecule has 7 aromatic carbocycles. The quantitative estimate of drug-likeness (QED) is 0.177. The summed E-state index contributed by atoms with van der Waals surface area (Å²) in [5.74, 6) is 0. The molecule has 0 saturated carbocycles. The van der Waals surface area contributed by atoms with Crippen molar-refractivity contribution in [2.75, 3.05) is 0 Å². The predicted octanol–water partition coefficient (Wildman–Crippen LogP) is 12.2. The van der Waals surface area contributed by atoms with Crippen molar-refractivity contribution < 1.29 is 0 Å². The van der Waals surface area contributed by atoms with Crippen LogP contribution in [0.15, 0.2) is 152 Å². The van der Waals surface area contributed by atoms with Crippen molar-refractivity contribution in [2.45, 2.75) is 0 Å². The summed E-state index contributed by atoms with van der Waals surface area (Å²) in [5.41, 5.74) is 11.3. The van der Waals surface area contributed by atoms with E-state index in [4.69, 9.17) is 13.1 Å². The van der Waals surface area contributed by atoms with Crippen molar-refractivity contribution in [1.29, 1.82) is 5.26 Å². The maximum Gasteiger partial charge on any atom is 0.218 e. The van der Waals surface area contributed by atoms with Gasteiger partial charge in [-0.25, -0.2) is 9.69 Å². The molecule has 5 nitrogen and oxygen atoms in total. The van der Waals surface area contributed by atoms with E-state index >= 15 is 0 Å². The molecule has 0 aliphatic carbocycles. The first-order chi connectivity index (χ1) is 24.7. The van der Waals surface area contributed by atoms with Crippen LogP contribution in [0, 0.1) is 24.5 Å². The van der Waals surface area contributed by atoms with Crippen LogP contribution in [0.25, 0.3) is 86.9 Å². The Labute approximate surface area is 288 Å². The molecular weight excluding hydrogens is 611 g/mol. The van der Waals surface area contributed by atoms with Crippen molar-refractivity contribution in [3.8, 4) is 39.7 Å². The minimum atomic E-state index is 0.559. The molecule has 0 bridgehead atoms. The number of aromatic nitrogens is 2. The van der Waals surface area contributed by atoms with Crippen LogP contribution in [0.2, 0.25) is 0 Å². The summed E-state index contributed by atoms with van der Waals surface area (Å²) in [6, 6.07) is 53.3. The Morgan fingerprint density at radius 1 is 0.480 bits per heavy atom. The fourth-order valence-corrected chi connectivity index (χ4v) is 7.35. The first-order valence-electron chi connectivity index (χ1n) is 16.2. The molecule has 2 heterocycles. The Bertz CT molecular complexity index is 2960. The first-order valence-corrected chi connectivity index (χ1v) is 16.2. The van der Waals surface area contributed by atoms with E-state index in [1.165, 1.54) is 0 Å². The highest BCUT2D eigenvalue weighted by Crippen LogP contribution is 2.44. The third-order valence-electron chi connectivity index (χ3n) is 9.55. The Morgan fingerprint density at radius 3 is 1.86 bits per heavy atom. The number of nitriles is 1. The van der Waals surface area contributed by atoms with Gasteiger partial charge in [0.05, 0.1) is 52.5 Å². The Morgan fingerprint density at radius 2 is 1.12 bits per heavy atom. The normalized spacial score (nSPS) is 11.1. The molecule has 0 atom stereocenters. The third kappa shape index (κ3) is 4.38. The van der Waals surface area contributed by atoms with E-state index in [1.807, 2.05) is 78.9 Å². The molecule has 9 aromatic rings. The standard InChI is InChI=1S/C45H25N5/c1-47-33-20-22-43-39(27-33)36-16-7-9-18-41(36)50(43)44-26-32(25-37(45(44)48-2)30-11-4-3-5-12-30)31-13-10-14-34(24-31)49-40-17-8-6-15-35(40)38-23-29(28-46)19-21-42(38)49/h3-27H. The van der Waals surface area contributed by atoms with Crippen molar-refractivity contribution in [3.63, 3.8) is 0 Å². The Kier molecular flexibility index (Phi) is 6.56. The zero-order valence-corrected chi connectivity index (χ0v) is 26.7. The van der Waals surface area contributed by atoms with Crippen molar-refractivity contribution >= 4 is 55.0 Å². The van der Waals surface area contributed by atoms with Crippen LogP contribution >= 0.6 is 0 Å². The van der Waals surface area contributed by atoms with E-state index in [0.717, 1.165) is 77.2 Å². The summed E-state index contributed by atoms with van der Waals surface area (Å²) >= 11 is 0. The van der Waals surface area contributed by atoms with Gasteiger partial charge in [-0.15, -0.1) is 0 Å². The third-order valence-corrected chi connectivity index (χ3v) is 9.55. The molecule has 0 fully saturated rings. The fourth-order valence-electron chi connectivity index (χ4n) is 7.35. The summed E-state index contributed by atoms with van der Waals surface area (Å²) in [4.78, 5) is 7.88. The molecule has 230 valence electrons. The molecule has 0 aliphatic rings. The van der Waals surface area contributed by atoms with Crippen molar-refractivity contribution in [3.05, 3.63) is 180 Å². The van der Waals surface area contributed by atoms with Crippen LogP contribution < -0.4 is 0 Å². The van der Waals surface area contributed by atoms with E-state index < -0.39 is 0 Å². The van der Waals surface area contributed by atoms with Crippen LogP contribution in [0.4, 0.5) is 11.4 Å². The average Bonchev–Trinajstić information content (AvgIpc) is 3.69. The van der Waals surface area contributed by atoms with Crippen LogP contribution in [0.3, 0.4) is 0 Å². The lowest BCUT2D eigenvalue weighted by Crippen LogP contribution is -1.98. The second-order valence-corrected chi connectivity index (χ2v) is 12.3. The zero-order valence-electron chi connectivity index (χ0n) is 26.7. The van der Waals surface area contributed by atoms with Crippen LogP contribution in [0.5, 0.6) is 0 Å². The summed E-state index contributed by atoms with van der Waals surface area (Å²) in [5, 5.41) is 13.8. The monoisotopic (exact) mass is 635 g/mol. The predicted molar refractivity (Wildman–Crippen MR) is 203 cm³/mol. The van der Waals surface area contributed by atoms with E-state index in [0.29, 0.717) is 16.9 Å². The lowest BCUT2D eigenvalue weighted by atomic mass is 9.95. The molecular formula is C45H25N5. The molecule has 9 rings (SSSR count). The molecule has 0 radical (unpaired) electrons. The van der Waals surface area contributed by atoms with Crippen LogP contribution in [-0.2, 0) is 0 Å². The van der Waals surface area contributed by atoms with Crippen molar-refractivity contribution in [1.82, 2.24) is 9.13 Å². The maximum absolute atomic E-state index is 9.64. The molecule has 5 heteroatoms. The highest BCUT2D eigenvalue weighted by Gasteiger charge is 2.21. The summed E-state index contributed by atoms with van der Waals surface area (Å²) in [6.07, 6.45) is 0. The number of benzene rings is 7. The largest absolute Gasteiger partial charge is 0.319 e. The summed E-state index contributed by atoms with van der Waals surface area (Å²) in [7, 11) is 0. The molecule has 50 heavy (non-hydrogen) atoms. The topological polar surface area (TPSA) is 42.4 Å². The van der Waals surface area contributed by atoms with Gasteiger partial charge in [0.1, 0.15) is 0 Å². The van der Waals surface area contributed by atoms with Gasteiger partial charge in [0.15, 0.2) is 5.69 Å². The first kappa shape index (κ1) is 28.8. The van der Waals surface area contributed by atoms with E-state index in [1.54, 1.807) is 0 Å². The number of hydrogen-bond donors (Lipinski definition) is 0. The van der Waals surface area contributed by atoms with Gasteiger partial charge in [-0.1, -0.05) is 91.0 Å². The van der Waals surface area contributed by atoms with Gasteiger partial charge in [0.2, 0.25) is 5.69 Å². The Balaban J connectivity index is 1.33. The van der Waals surface area contributed by atoms with Gasteiger partial charge in [0, 0.05) is 21.8 Å². The second-order valence-electron chi connectivity index (χ2n) is 12.3. The molecule has 0 spiro atoms. The molecule has 0 aliphatic heterocycles. The molecule has 2 aromatic heterocycles. The van der Waals surface area contributed by atoms with Crippen LogP contribution in [0.1, 0.15) is 5.56 Å². The number of fused-ring (bicyclic) bond motifs is 6. The number of hydrogen-bond acceptors (Lipinski definition) is 1. The highest BCUT2D eigenvalue weighted by molar-refractivity contribution is 6.12. The van der Waals surface area contributed by atoms with Gasteiger partial charge in [-0.2, -0.15) is 5.26 Å². The van der Waals surface area contributed by atoms with E-state index in [-0.39, 0.29) is 0 Å². The van der Waals surface area contributed by atoms with Gasteiger partial charge in [0.25, 0.3) is 0 Å². The van der Waals surface area contributed by atoms with Gasteiger partial charge in [-0.3, -0.25) is 0 Å². The lowest BCUT2D eigenvalue weighted by molar-refractivity contribution is 1.18. The number of nitrogens with zero attached hydrogens (tertiary/aromatic N) is 5. The second kappa shape index (κ2) is 11.4. The Hall–Kier alpha value is -7.39. The highest BCUT2D eigenvalue weighted by atomic mass is 15.0. The summed E-state index contributed by atoms with van der Waals surface area (Å²) in [6.45, 7) is 16.1. The smallest absolute Gasteiger partial charge is 0.218 e. The van der Waals surface area contributed by atoms with Crippen LogP contribution in [-0.4, -0.2) is 9.13 Å². The maximum atomic E-state index is 9.64. The summed E-state index contributed by atoms with van der Waals surface area (Å²) < 4.78 is 4.43. The van der Waals surface area contributed by atoms with E-state index in [2.05, 4.69) is 97.7 Å². The van der Waals surface area contributed by atoms with Gasteiger partial charge >= 0.3 is 0 Å².